The molecule has 4 heteroatoms. The number of furan rings is 1. The van der Waals surface area contributed by atoms with Crippen LogP contribution in [-0.4, -0.2) is 11.9 Å². The SMILES string of the molecule is Cc1ccc(C(C)NC(=O)C2Cc3ccccc3N2)o1. The fourth-order valence-electron chi connectivity index (χ4n) is 2.53. The maximum atomic E-state index is 12.3. The number of hydrogen-bond donors (Lipinski definition) is 2. The van der Waals surface area contributed by atoms with Crippen molar-refractivity contribution < 1.29 is 9.21 Å². The molecule has 1 aliphatic heterocycles. The highest BCUT2D eigenvalue weighted by Crippen LogP contribution is 2.25. The van der Waals surface area contributed by atoms with Gasteiger partial charge in [-0.05, 0) is 37.6 Å². The van der Waals surface area contributed by atoms with Crippen LogP contribution >= 0.6 is 0 Å². The zero-order valence-electron chi connectivity index (χ0n) is 11.6. The van der Waals surface area contributed by atoms with Crippen LogP contribution in [0.1, 0.15) is 30.0 Å². The highest BCUT2D eigenvalue weighted by atomic mass is 16.3. The van der Waals surface area contributed by atoms with E-state index in [1.54, 1.807) is 0 Å². The second kappa shape index (κ2) is 5.04. The van der Waals surface area contributed by atoms with Gasteiger partial charge in [-0.25, -0.2) is 0 Å². The van der Waals surface area contributed by atoms with Crippen molar-refractivity contribution in [3.05, 3.63) is 53.5 Å². The van der Waals surface area contributed by atoms with Crippen molar-refractivity contribution in [1.82, 2.24) is 5.32 Å². The van der Waals surface area contributed by atoms with Crippen LogP contribution in [0.15, 0.2) is 40.8 Å². The summed E-state index contributed by atoms with van der Waals surface area (Å²) in [6, 6.07) is 11.5. The van der Waals surface area contributed by atoms with Crippen LogP contribution in [0.25, 0.3) is 0 Å². The van der Waals surface area contributed by atoms with Crippen LogP contribution in [0.2, 0.25) is 0 Å². The van der Waals surface area contributed by atoms with Crippen LogP contribution < -0.4 is 10.6 Å². The van der Waals surface area contributed by atoms with Crippen LogP contribution in [-0.2, 0) is 11.2 Å². The minimum absolute atomic E-state index is 0.00255. The van der Waals surface area contributed by atoms with Gasteiger partial charge in [-0.1, -0.05) is 18.2 Å². The molecule has 0 radical (unpaired) electrons. The van der Waals surface area contributed by atoms with E-state index in [1.807, 2.05) is 44.2 Å². The van der Waals surface area contributed by atoms with E-state index in [0.717, 1.165) is 23.6 Å². The highest BCUT2D eigenvalue weighted by molar-refractivity contribution is 5.87. The molecule has 2 N–H and O–H groups in total. The van der Waals surface area contributed by atoms with Gasteiger partial charge in [-0.2, -0.15) is 0 Å². The average Bonchev–Trinajstić information content (AvgIpc) is 3.04. The lowest BCUT2D eigenvalue weighted by molar-refractivity contribution is -0.122. The molecule has 2 atom stereocenters. The summed E-state index contributed by atoms with van der Waals surface area (Å²) in [5, 5.41) is 6.24. The quantitative estimate of drug-likeness (QED) is 0.901. The molecule has 104 valence electrons. The van der Waals surface area contributed by atoms with Crippen molar-refractivity contribution in [3.8, 4) is 0 Å². The summed E-state index contributed by atoms with van der Waals surface area (Å²) in [5.41, 5.74) is 2.24. The molecule has 2 heterocycles. The normalized spacial score (nSPS) is 18.2. The zero-order valence-corrected chi connectivity index (χ0v) is 11.6. The summed E-state index contributed by atoms with van der Waals surface area (Å²) in [5.74, 6) is 1.64. The Hall–Kier alpha value is -2.23. The molecular weight excluding hydrogens is 252 g/mol. The summed E-state index contributed by atoms with van der Waals surface area (Å²) in [7, 11) is 0. The second-order valence-electron chi connectivity index (χ2n) is 5.24. The van der Waals surface area contributed by atoms with Gasteiger partial charge >= 0.3 is 0 Å². The molecule has 2 unspecified atom stereocenters. The van der Waals surface area contributed by atoms with E-state index in [2.05, 4.69) is 16.7 Å². The Morgan fingerprint density at radius 2 is 2.15 bits per heavy atom. The van der Waals surface area contributed by atoms with Gasteiger partial charge in [0.15, 0.2) is 0 Å². The Labute approximate surface area is 118 Å². The number of carbonyl (C=O) groups is 1. The molecule has 1 aromatic carbocycles. The van der Waals surface area contributed by atoms with Crippen molar-refractivity contribution in [2.75, 3.05) is 5.32 Å². The number of amides is 1. The lowest BCUT2D eigenvalue weighted by Crippen LogP contribution is -2.39. The summed E-state index contributed by atoms with van der Waals surface area (Å²) >= 11 is 0. The number of carbonyl (C=O) groups excluding carboxylic acids is 1. The van der Waals surface area contributed by atoms with Crippen LogP contribution in [0, 0.1) is 6.92 Å². The first-order valence-corrected chi connectivity index (χ1v) is 6.84. The Bertz CT molecular complexity index is 608. The molecule has 0 bridgehead atoms. The molecule has 0 fully saturated rings. The maximum Gasteiger partial charge on any atom is 0.243 e. The molecule has 0 aliphatic carbocycles. The predicted octanol–water partition coefficient (Wildman–Crippen LogP) is 2.80. The minimum Gasteiger partial charge on any atom is -0.464 e. The summed E-state index contributed by atoms with van der Waals surface area (Å²) < 4.78 is 5.54. The lowest BCUT2D eigenvalue weighted by atomic mass is 10.1. The third kappa shape index (κ3) is 2.41. The molecule has 1 aromatic heterocycles. The number of anilines is 1. The monoisotopic (exact) mass is 270 g/mol. The molecule has 1 amide bonds. The summed E-state index contributed by atoms with van der Waals surface area (Å²) in [6.07, 6.45) is 0.728. The highest BCUT2D eigenvalue weighted by Gasteiger charge is 2.27. The van der Waals surface area contributed by atoms with Gasteiger partial charge in [-0.15, -0.1) is 0 Å². The maximum absolute atomic E-state index is 12.3. The van der Waals surface area contributed by atoms with E-state index >= 15 is 0 Å². The first-order valence-electron chi connectivity index (χ1n) is 6.84. The number of benzene rings is 1. The predicted molar refractivity (Wildman–Crippen MR) is 77.6 cm³/mol. The molecule has 0 spiro atoms. The third-order valence-electron chi connectivity index (χ3n) is 3.63. The molecule has 0 saturated carbocycles. The lowest BCUT2D eigenvalue weighted by Gasteiger charge is -2.16. The van der Waals surface area contributed by atoms with E-state index in [9.17, 15) is 4.79 Å². The van der Waals surface area contributed by atoms with E-state index in [0.29, 0.717) is 0 Å². The zero-order chi connectivity index (χ0) is 14.1. The Kier molecular flexibility index (Phi) is 3.22. The fourth-order valence-corrected chi connectivity index (χ4v) is 2.53. The largest absolute Gasteiger partial charge is 0.464 e. The van der Waals surface area contributed by atoms with Crippen molar-refractivity contribution in [3.63, 3.8) is 0 Å². The number of fused-ring (bicyclic) bond motifs is 1. The number of aryl methyl sites for hydroxylation is 1. The van der Waals surface area contributed by atoms with Crippen LogP contribution in [0.5, 0.6) is 0 Å². The van der Waals surface area contributed by atoms with Crippen LogP contribution in [0.3, 0.4) is 0 Å². The van der Waals surface area contributed by atoms with Gasteiger partial charge < -0.3 is 15.1 Å². The van der Waals surface area contributed by atoms with Crippen molar-refractivity contribution in [2.45, 2.75) is 32.4 Å². The van der Waals surface area contributed by atoms with E-state index in [1.165, 1.54) is 5.56 Å². The summed E-state index contributed by atoms with van der Waals surface area (Å²) in [6.45, 7) is 3.82. The van der Waals surface area contributed by atoms with Gasteiger partial charge in [0.25, 0.3) is 0 Å². The number of rotatable bonds is 3. The van der Waals surface area contributed by atoms with Gasteiger partial charge in [0.2, 0.25) is 5.91 Å². The number of nitrogens with one attached hydrogen (secondary N) is 2. The molecular formula is C16H18N2O2. The standard InChI is InChI=1S/C16H18N2O2/c1-10-7-8-15(20-10)11(2)17-16(19)14-9-12-5-3-4-6-13(12)18-14/h3-8,11,14,18H,9H2,1-2H3,(H,17,19). The van der Waals surface area contributed by atoms with Gasteiger partial charge in [0, 0.05) is 12.1 Å². The van der Waals surface area contributed by atoms with E-state index in [-0.39, 0.29) is 18.0 Å². The topological polar surface area (TPSA) is 54.3 Å². The summed E-state index contributed by atoms with van der Waals surface area (Å²) in [4.78, 5) is 12.3. The van der Waals surface area contributed by atoms with Gasteiger partial charge in [0.05, 0.1) is 6.04 Å². The van der Waals surface area contributed by atoms with E-state index < -0.39 is 0 Å². The van der Waals surface area contributed by atoms with E-state index in [4.69, 9.17) is 4.42 Å². The smallest absolute Gasteiger partial charge is 0.243 e. The minimum atomic E-state index is -0.203. The van der Waals surface area contributed by atoms with Crippen molar-refractivity contribution in [2.24, 2.45) is 0 Å². The molecule has 3 rings (SSSR count). The Balaban J connectivity index is 1.64. The molecule has 20 heavy (non-hydrogen) atoms. The van der Waals surface area contributed by atoms with Crippen molar-refractivity contribution >= 4 is 11.6 Å². The second-order valence-corrected chi connectivity index (χ2v) is 5.24. The third-order valence-corrected chi connectivity index (χ3v) is 3.63. The van der Waals surface area contributed by atoms with Crippen LogP contribution in [0.4, 0.5) is 5.69 Å². The molecule has 4 nitrogen and oxygen atoms in total. The number of para-hydroxylation sites is 1. The van der Waals surface area contributed by atoms with Gasteiger partial charge in [0.1, 0.15) is 17.6 Å². The Morgan fingerprint density at radius 3 is 2.85 bits per heavy atom. The number of hydrogen-bond acceptors (Lipinski definition) is 3. The van der Waals surface area contributed by atoms with Gasteiger partial charge in [-0.3, -0.25) is 4.79 Å². The molecule has 1 aliphatic rings. The fraction of sp³-hybridized carbons (Fsp3) is 0.312. The first-order chi connectivity index (χ1) is 9.63. The molecule has 2 aromatic rings. The molecule has 0 saturated heterocycles. The Morgan fingerprint density at radius 1 is 1.35 bits per heavy atom. The first kappa shape index (κ1) is 12.8. The van der Waals surface area contributed by atoms with Crippen molar-refractivity contribution in [1.29, 1.82) is 0 Å². The average molecular weight is 270 g/mol.